The Hall–Kier alpha value is -1.87. The highest BCUT2D eigenvalue weighted by molar-refractivity contribution is 7.91. The van der Waals surface area contributed by atoms with Crippen LogP contribution in [0.5, 0.6) is 0 Å². The first-order chi connectivity index (χ1) is 7.54. The summed E-state index contributed by atoms with van der Waals surface area (Å²) in [6.07, 6.45) is 4.36. The molecule has 2 aromatic heterocycles. The summed E-state index contributed by atoms with van der Waals surface area (Å²) in [5, 5.41) is 9.18. The van der Waals surface area contributed by atoms with Crippen molar-refractivity contribution in [2.24, 2.45) is 0 Å². The summed E-state index contributed by atoms with van der Waals surface area (Å²) in [4.78, 5) is 7.10. The number of sulfone groups is 1. The van der Waals surface area contributed by atoms with Crippen molar-refractivity contribution in [3.8, 4) is 6.07 Å². The van der Waals surface area contributed by atoms with E-state index in [1.807, 2.05) is 6.07 Å². The lowest BCUT2D eigenvalue weighted by molar-refractivity contribution is 0.602. The Morgan fingerprint density at radius 1 is 1.56 bits per heavy atom. The molecule has 0 atom stereocenters. The first kappa shape index (κ1) is 10.6. The van der Waals surface area contributed by atoms with Gasteiger partial charge in [-0.2, -0.15) is 5.26 Å². The number of H-pyrrole nitrogens is 1. The largest absolute Gasteiger partial charge is 0.346 e. The molecule has 0 aliphatic heterocycles. The molecule has 0 fully saturated rings. The monoisotopic (exact) mass is 235 g/mol. The molecule has 0 unspecified atom stereocenters. The van der Waals surface area contributed by atoms with Gasteiger partial charge in [0.2, 0.25) is 0 Å². The fourth-order valence-electron chi connectivity index (χ4n) is 1.63. The Morgan fingerprint density at radius 2 is 2.31 bits per heavy atom. The number of hydrogen-bond donors (Lipinski definition) is 1. The average Bonchev–Trinajstić information content (AvgIpc) is 2.61. The molecule has 0 saturated heterocycles. The van der Waals surface area contributed by atoms with Crippen LogP contribution in [0.15, 0.2) is 23.4 Å². The van der Waals surface area contributed by atoms with Crippen LogP contribution in [0, 0.1) is 11.3 Å². The number of pyridine rings is 1. The van der Waals surface area contributed by atoms with Gasteiger partial charge in [0, 0.05) is 24.0 Å². The van der Waals surface area contributed by atoms with Gasteiger partial charge in [-0.1, -0.05) is 0 Å². The van der Waals surface area contributed by atoms with E-state index < -0.39 is 9.84 Å². The second kappa shape index (κ2) is 3.61. The second-order valence-electron chi connectivity index (χ2n) is 3.45. The van der Waals surface area contributed by atoms with E-state index in [0.29, 0.717) is 16.6 Å². The van der Waals surface area contributed by atoms with Crippen molar-refractivity contribution in [2.75, 3.05) is 6.26 Å². The summed E-state index contributed by atoms with van der Waals surface area (Å²) >= 11 is 0. The van der Waals surface area contributed by atoms with Crippen molar-refractivity contribution in [3.05, 3.63) is 24.0 Å². The molecular formula is C10H9N3O2S. The van der Waals surface area contributed by atoms with Crippen molar-refractivity contribution in [1.82, 2.24) is 9.97 Å². The molecule has 2 aromatic rings. The number of aromatic nitrogens is 2. The van der Waals surface area contributed by atoms with Gasteiger partial charge in [-0.25, -0.2) is 13.4 Å². The smallest absolute Gasteiger partial charge is 0.176 e. The summed E-state index contributed by atoms with van der Waals surface area (Å²) in [6.45, 7) is 0. The lowest BCUT2D eigenvalue weighted by Gasteiger charge is -2.01. The van der Waals surface area contributed by atoms with Crippen LogP contribution < -0.4 is 0 Å². The Labute approximate surface area is 92.7 Å². The zero-order chi connectivity index (χ0) is 11.8. The number of nitriles is 1. The molecule has 1 N–H and O–H groups in total. The quantitative estimate of drug-likeness (QED) is 0.842. The molecule has 0 spiro atoms. The Bertz CT molecular complexity index is 680. The maximum absolute atomic E-state index is 11.6. The molecule has 5 nitrogen and oxygen atoms in total. The fourth-order valence-corrected chi connectivity index (χ4v) is 2.53. The van der Waals surface area contributed by atoms with E-state index in [2.05, 4.69) is 9.97 Å². The summed E-state index contributed by atoms with van der Waals surface area (Å²) in [7, 11) is -3.31. The summed E-state index contributed by atoms with van der Waals surface area (Å²) in [5.74, 6) is 0. The van der Waals surface area contributed by atoms with Crippen molar-refractivity contribution in [1.29, 1.82) is 5.26 Å². The molecule has 2 heterocycles. The molecular weight excluding hydrogens is 226 g/mol. The van der Waals surface area contributed by atoms with Gasteiger partial charge in [-0.05, 0) is 11.6 Å². The van der Waals surface area contributed by atoms with Crippen LogP contribution in [0.2, 0.25) is 0 Å². The average molecular weight is 235 g/mol. The number of nitrogens with zero attached hydrogens (tertiary/aromatic N) is 2. The van der Waals surface area contributed by atoms with Gasteiger partial charge in [-0.3, -0.25) is 0 Å². The molecule has 82 valence electrons. The van der Waals surface area contributed by atoms with Crippen LogP contribution in [-0.2, 0) is 16.3 Å². The predicted octanol–water partition coefficient (Wildman–Crippen LogP) is 1.03. The summed E-state index contributed by atoms with van der Waals surface area (Å²) < 4.78 is 23.2. The molecule has 0 saturated carbocycles. The number of hydrogen-bond acceptors (Lipinski definition) is 4. The van der Waals surface area contributed by atoms with Crippen molar-refractivity contribution in [3.63, 3.8) is 0 Å². The predicted molar refractivity (Wildman–Crippen MR) is 58.5 cm³/mol. The molecule has 16 heavy (non-hydrogen) atoms. The molecule has 0 radical (unpaired) electrons. The maximum Gasteiger partial charge on any atom is 0.176 e. The van der Waals surface area contributed by atoms with Gasteiger partial charge >= 0.3 is 0 Å². The number of rotatable bonds is 2. The minimum absolute atomic E-state index is 0.161. The highest BCUT2D eigenvalue weighted by Crippen LogP contribution is 2.24. The van der Waals surface area contributed by atoms with Gasteiger partial charge in [-0.15, -0.1) is 0 Å². The lowest BCUT2D eigenvalue weighted by Crippen LogP contribution is -1.99. The minimum atomic E-state index is -3.31. The molecule has 0 bridgehead atoms. The maximum atomic E-state index is 11.6. The van der Waals surface area contributed by atoms with Crippen LogP contribution in [0.3, 0.4) is 0 Å². The normalized spacial score (nSPS) is 11.5. The van der Waals surface area contributed by atoms with E-state index in [4.69, 9.17) is 5.26 Å². The van der Waals surface area contributed by atoms with E-state index in [-0.39, 0.29) is 11.3 Å². The third kappa shape index (κ3) is 1.66. The third-order valence-corrected chi connectivity index (χ3v) is 3.43. The molecule has 0 amide bonds. The van der Waals surface area contributed by atoms with Crippen LogP contribution in [0.25, 0.3) is 11.0 Å². The van der Waals surface area contributed by atoms with E-state index in [1.54, 1.807) is 6.20 Å². The van der Waals surface area contributed by atoms with E-state index in [9.17, 15) is 8.42 Å². The number of fused-ring (bicyclic) bond motifs is 1. The van der Waals surface area contributed by atoms with Crippen LogP contribution in [0.1, 0.15) is 5.56 Å². The third-order valence-electron chi connectivity index (χ3n) is 2.29. The molecule has 2 rings (SSSR count). The van der Waals surface area contributed by atoms with E-state index >= 15 is 0 Å². The lowest BCUT2D eigenvalue weighted by atomic mass is 10.2. The Morgan fingerprint density at radius 3 is 2.94 bits per heavy atom. The van der Waals surface area contributed by atoms with Crippen molar-refractivity contribution >= 4 is 20.9 Å². The minimum Gasteiger partial charge on any atom is -0.346 e. The molecule has 0 aliphatic rings. The van der Waals surface area contributed by atoms with Gasteiger partial charge < -0.3 is 4.98 Å². The number of nitrogens with one attached hydrogen (secondary N) is 1. The van der Waals surface area contributed by atoms with Crippen LogP contribution in [0.4, 0.5) is 0 Å². The first-order valence-electron chi connectivity index (χ1n) is 4.56. The Balaban J connectivity index is 2.85. The van der Waals surface area contributed by atoms with Crippen LogP contribution >= 0.6 is 0 Å². The Kier molecular flexibility index (Phi) is 2.40. The number of aromatic amines is 1. The van der Waals surface area contributed by atoms with Gasteiger partial charge in [0.25, 0.3) is 0 Å². The SMILES string of the molecule is CS(=O)(=O)c1ccnc2[nH]cc(CC#N)c12. The zero-order valence-electron chi connectivity index (χ0n) is 8.56. The molecule has 6 heteroatoms. The first-order valence-corrected chi connectivity index (χ1v) is 6.45. The van der Waals surface area contributed by atoms with E-state index in [0.717, 1.165) is 6.26 Å². The van der Waals surface area contributed by atoms with Gasteiger partial charge in [0.15, 0.2) is 9.84 Å². The summed E-state index contributed by atoms with van der Waals surface area (Å²) in [6, 6.07) is 3.45. The zero-order valence-corrected chi connectivity index (χ0v) is 9.37. The highest BCUT2D eigenvalue weighted by Gasteiger charge is 2.16. The highest BCUT2D eigenvalue weighted by atomic mass is 32.2. The van der Waals surface area contributed by atoms with E-state index in [1.165, 1.54) is 12.3 Å². The molecule has 0 aliphatic carbocycles. The van der Waals surface area contributed by atoms with Crippen molar-refractivity contribution < 1.29 is 8.42 Å². The fraction of sp³-hybridized carbons (Fsp3) is 0.200. The molecule has 0 aromatic carbocycles. The topological polar surface area (TPSA) is 86.6 Å². The van der Waals surface area contributed by atoms with Crippen LogP contribution in [-0.4, -0.2) is 24.6 Å². The summed E-state index contributed by atoms with van der Waals surface area (Å²) in [5.41, 5.74) is 1.15. The standard InChI is InChI=1S/C10H9N3O2S/c1-16(14,15)8-3-5-12-10-9(8)7(2-4-11)6-13-10/h3,5-6H,2H2,1H3,(H,12,13). The van der Waals surface area contributed by atoms with Gasteiger partial charge in [0.1, 0.15) is 5.65 Å². The van der Waals surface area contributed by atoms with Gasteiger partial charge in [0.05, 0.1) is 17.4 Å². The second-order valence-corrected chi connectivity index (χ2v) is 5.44. The van der Waals surface area contributed by atoms with Crippen molar-refractivity contribution in [2.45, 2.75) is 11.3 Å².